The van der Waals surface area contributed by atoms with Gasteiger partial charge >= 0.3 is 24.1 Å². The maximum absolute atomic E-state index is 16.9. The van der Waals surface area contributed by atoms with E-state index in [-0.39, 0.29) is 36.1 Å². The first-order valence-electron chi connectivity index (χ1n) is 18.5. The minimum atomic E-state index is -4.97. The highest BCUT2D eigenvalue weighted by molar-refractivity contribution is 5.96. The highest BCUT2D eigenvalue weighted by atomic mass is 19.4. The van der Waals surface area contributed by atoms with Gasteiger partial charge in [-0.05, 0) is 54.1 Å². The average Bonchev–Trinajstić information content (AvgIpc) is 4.03. The van der Waals surface area contributed by atoms with Gasteiger partial charge in [0.15, 0.2) is 18.0 Å². The highest BCUT2D eigenvalue weighted by Gasteiger charge is 2.53. The van der Waals surface area contributed by atoms with E-state index in [1.807, 2.05) is 0 Å². The molecular formula is C43H37F4N3O9. The summed E-state index contributed by atoms with van der Waals surface area (Å²) in [7, 11) is 1.45. The Kier molecular flexibility index (Phi) is 12.4. The number of aliphatic imine (C=N–C) groups is 1. The molecule has 2 aliphatic heterocycles. The molecule has 0 spiro atoms. The van der Waals surface area contributed by atoms with Crippen molar-refractivity contribution in [1.82, 2.24) is 9.78 Å². The number of esters is 3. The number of hydrogen-bond donors (Lipinski definition) is 0. The summed E-state index contributed by atoms with van der Waals surface area (Å²) >= 11 is 0. The minimum absolute atomic E-state index is 0.0153. The van der Waals surface area contributed by atoms with E-state index in [0.29, 0.717) is 17.9 Å². The number of aryl methyl sites for hydroxylation is 1. The molecule has 59 heavy (non-hydrogen) atoms. The summed E-state index contributed by atoms with van der Waals surface area (Å²) in [6, 6.07) is 29.3. The monoisotopic (exact) mass is 815 g/mol. The van der Waals surface area contributed by atoms with E-state index in [2.05, 4.69) is 10.1 Å². The molecule has 3 heterocycles. The molecule has 0 amide bonds. The first-order valence-corrected chi connectivity index (χ1v) is 18.5. The molecule has 0 aliphatic carbocycles. The van der Waals surface area contributed by atoms with Gasteiger partial charge in [0.25, 0.3) is 0 Å². The lowest BCUT2D eigenvalue weighted by Gasteiger charge is -2.42. The summed E-state index contributed by atoms with van der Waals surface area (Å²) in [6.07, 6.45) is -15.1. The lowest BCUT2D eigenvalue weighted by Crippen LogP contribution is -2.61. The van der Waals surface area contributed by atoms with Crippen LogP contribution >= 0.6 is 0 Å². The van der Waals surface area contributed by atoms with Gasteiger partial charge < -0.3 is 28.4 Å². The Hall–Kier alpha value is -6.55. The number of carbonyl (C=O) groups excluding carboxylic acids is 3. The molecule has 5 atom stereocenters. The van der Waals surface area contributed by atoms with Crippen molar-refractivity contribution in [2.45, 2.75) is 56.3 Å². The van der Waals surface area contributed by atoms with Crippen LogP contribution in [-0.4, -0.2) is 84.4 Å². The molecule has 5 aromatic rings. The van der Waals surface area contributed by atoms with Crippen LogP contribution in [0.25, 0.3) is 0 Å². The van der Waals surface area contributed by atoms with Gasteiger partial charge in [-0.15, -0.1) is 0 Å². The van der Waals surface area contributed by atoms with Crippen LogP contribution in [0, 0.1) is 0 Å². The molecule has 0 bridgehead atoms. The molecule has 306 valence electrons. The molecule has 5 unspecified atom stereocenters. The Labute approximate surface area is 335 Å². The fourth-order valence-corrected chi connectivity index (χ4v) is 6.36. The molecular weight excluding hydrogens is 778 g/mol. The molecule has 12 nitrogen and oxygen atoms in total. The Bertz CT molecular complexity index is 2270. The number of halogens is 4. The van der Waals surface area contributed by atoms with E-state index in [4.69, 9.17) is 28.4 Å². The van der Waals surface area contributed by atoms with Crippen molar-refractivity contribution in [3.05, 3.63) is 149 Å². The van der Waals surface area contributed by atoms with Gasteiger partial charge in [-0.25, -0.2) is 23.5 Å². The number of ether oxygens (including phenoxy) is 6. The Morgan fingerprint density at radius 2 is 1.32 bits per heavy atom. The number of carbonyl (C=O) groups is 3. The van der Waals surface area contributed by atoms with E-state index >= 15 is 4.39 Å². The number of aromatic nitrogens is 2. The third-order valence-electron chi connectivity index (χ3n) is 9.49. The molecule has 1 fully saturated rings. The van der Waals surface area contributed by atoms with Crippen molar-refractivity contribution < 1.29 is 60.4 Å². The van der Waals surface area contributed by atoms with E-state index in [9.17, 15) is 27.6 Å². The number of rotatable bonds is 15. The second kappa shape index (κ2) is 17.9. The van der Waals surface area contributed by atoms with Gasteiger partial charge in [-0.2, -0.15) is 18.3 Å². The predicted molar refractivity (Wildman–Crippen MR) is 202 cm³/mol. The zero-order chi connectivity index (χ0) is 41.5. The first-order chi connectivity index (χ1) is 28.5. The lowest BCUT2D eigenvalue weighted by atomic mass is 9.99. The second-order valence-corrected chi connectivity index (χ2v) is 13.6. The van der Waals surface area contributed by atoms with Crippen molar-refractivity contribution in [2.24, 2.45) is 4.99 Å². The van der Waals surface area contributed by atoms with Crippen molar-refractivity contribution in [2.75, 3.05) is 20.3 Å². The summed E-state index contributed by atoms with van der Waals surface area (Å²) in [5, 5.41) is 3.94. The summed E-state index contributed by atoms with van der Waals surface area (Å²) in [5.74, 6) is -2.84. The summed E-state index contributed by atoms with van der Waals surface area (Å²) < 4.78 is 97.1. The molecule has 16 heteroatoms. The lowest BCUT2D eigenvalue weighted by molar-refractivity contribution is -0.265. The summed E-state index contributed by atoms with van der Waals surface area (Å²) in [6.45, 7) is -0.433. The smallest absolute Gasteiger partial charge is 0.435 e. The van der Waals surface area contributed by atoms with Crippen LogP contribution in [0.3, 0.4) is 0 Å². The van der Waals surface area contributed by atoms with Crippen molar-refractivity contribution in [3.8, 4) is 11.6 Å². The highest BCUT2D eigenvalue weighted by Crippen LogP contribution is 2.40. The summed E-state index contributed by atoms with van der Waals surface area (Å²) in [4.78, 5) is 44.3. The van der Waals surface area contributed by atoms with Crippen LogP contribution in [-0.2, 0) is 38.1 Å². The molecule has 7 rings (SSSR count). The Morgan fingerprint density at radius 1 is 0.780 bits per heavy atom. The van der Waals surface area contributed by atoms with Gasteiger partial charge in [-0.1, -0.05) is 66.7 Å². The third kappa shape index (κ3) is 9.95. The maximum Gasteiger partial charge on any atom is 0.435 e. The van der Waals surface area contributed by atoms with Crippen LogP contribution in [0.4, 0.5) is 17.6 Å². The van der Waals surface area contributed by atoms with Gasteiger partial charge in [0.2, 0.25) is 18.3 Å². The number of methoxy groups -OCH3 is 1. The predicted octanol–water partition coefficient (Wildman–Crippen LogP) is 7.10. The van der Waals surface area contributed by atoms with Crippen molar-refractivity contribution in [1.29, 1.82) is 0 Å². The molecule has 1 saturated heterocycles. The molecule has 0 radical (unpaired) electrons. The third-order valence-corrected chi connectivity index (χ3v) is 9.49. The fourth-order valence-electron chi connectivity index (χ4n) is 6.36. The fraction of sp³-hybridized carbons (Fsp3) is 0.279. The van der Waals surface area contributed by atoms with E-state index < -0.39 is 78.6 Å². The van der Waals surface area contributed by atoms with Crippen molar-refractivity contribution in [3.63, 3.8) is 0 Å². The zero-order valence-corrected chi connectivity index (χ0v) is 31.4. The van der Waals surface area contributed by atoms with Crippen LogP contribution in [0.15, 0.2) is 120 Å². The number of alkyl halides is 4. The second-order valence-electron chi connectivity index (χ2n) is 13.6. The van der Waals surface area contributed by atoms with Crippen LogP contribution in [0.1, 0.15) is 54.3 Å². The zero-order valence-electron chi connectivity index (χ0n) is 31.4. The normalized spacial score (nSPS) is 19.9. The summed E-state index contributed by atoms with van der Waals surface area (Å²) in [5.41, 5.74) is -0.338. The van der Waals surface area contributed by atoms with Crippen LogP contribution in [0.2, 0.25) is 0 Å². The van der Waals surface area contributed by atoms with E-state index in [1.165, 1.54) is 43.5 Å². The van der Waals surface area contributed by atoms with Crippen LogP contribution in [0.5, 0.6) is 11.6 Å². The quantitative estimate of drug-likeness (QED) is 0.0612. The molecule has 0 N–H and O–H groups in total. The van der Waals surface area contributed by atoms with Crippen LogP contribution < -0.4 is 9.47 Å². The average molecular weight is 816 g/mol. The molecule has 4 aromatic carbocycles. The van der Waals surface area contributed by atoms with Gasteiger partial charge in [0.05, 0.1) is 42.5 Å². The Morgan fingerprint density at radius 3 is 1.85 bits per heavy atom. The maximum atomic E-state index is 16.9. The number of nitrogens with zero attached hydrogens (tertiary/aromatic N) is 3. The van der Waals surface area contributed by atoms with Gasteiger partial charge in [-0.3, -0.25) is 4.99 Å². The molecule has 2 aliphatic rings. The number of benzene rings is 4. The van der Waals surface area contributed by atoms with E-state index in [1.54, 1.807) is 78.9 Å². The number of hydrogen-bond acceptors (Lipinski definition) is 11. The Balaban J connectivity index is 1.31. The standard InChI is InChI=1S/C43H37F4N3O9/c1-54-31-19-17-26(18-20-31)23-32-37(43(45,46)47)49-50(22-21-30-24-48-30)38(32)59-42-36(58-41(53)29-15-9-4-10-16-29)35(57-40(52)28-13-7-3-8-14-28)34(44)33(56-42)25-55-39(51)27-11-5-2-6-12-27/h2-20,33-36,42H,21-25H2,1H3. The van der Waals surface area contributed by atoms with Gasteiger partial charge in [0.1, 0.15) is 18.5 Å². The first kappa shape index (κ1) is 40.6. The van der Waals surface area contributed by atoms with E-state index in [0.717, 1.165) is 10.4 Å². The largest absolute Gasteiger partial charge is 0.497 e. The van der Waals surface area contributed by atoms with Gasteiger partial charge in [0, 0.05) is 18.6 Å². The SMILES string of the molecule is COc1ccc(Cc2c(C(F)(F)F)nn(CCC3=NC3)c2OC2OC(COC(=O)c3ccccc3)C(F)C(OC(=O)c3ccccc3)C2OC(=O)c2ccccc2)cc1. The molecule has 1 aromatic heterocycles. The topological polar surface area (TPSA) is 137 Å². The minimum Gasteiger partial charge on any atom is -0.497 e. The molecule has 0 saturated carbocycles. The van der Waals surface area contributed by atoms with Crippen molar-refractivity contribution >= 4 is 23.6 Å².